The Morgan fingerprint density at radius 2 is 1.86 bits per heavy atom. The van der Waals surface area contributed by atoms with E-state index >= 15 is 0 Å². The fourth-order valence-electron chi connectivity index (χ4n) is 2.43. The van der Waals surface area contributed by atoms with Crippen molar-refractivity contribution >= 4 is 35.2 Å². The maximum Gasteiger partial charge on any atom is 0.573 e. The molecule has 10 heteroatoms. The minimum Gasteiger partial charge on any atom is -0.488 e. The van der Waals surface area contributed by atoms with Crippen LogP contribution in [0.25, 0.3) is 6.08 Å². The number of benzene rings is 2. The van der Waals surface area contributed by atoms with Crippen LogP contribution < -0.4 is 14.8 Å². The van der Waals surface area contributed by atoms with Crippen molar-refractivity contribution in [2.24, 2.45) is 0 Å². The molecule has 0 atom stereocenters. The normalized spacial score (nSPS) is 12.9. The van der Waals surface area contributed by atoms with Gasteiger partial charge in [0.1, 0.15) is 18.1 Å². The van der Waals surface area contributed by atoms with Crippen molar-refractivity contribution in [3.63, 3.8) is 0 Å². The van der Waals surface area contributed by atoms with E-state index in [9.17, 15) is 22.8 Å². The average molecular weight is 428 g/mol. The number of esters is 1. The molecule has 1 N–H and O–H groups in total. The molecule has 1 heterocycles. The first-order chi connectivity index (χ1) is 13.7. The van der Waals surface area contributed by atoms with Crippen molar-refractivity contribution in [2.45, 2.75) is 6.36 Å². The predicted molar refractivity (Wildman–Crippen MR) is 97.6 cm³/mol. The standard InChI is InChI=1S/C19H13ClF3NO5/c20-13-1-6-16-11(8-13)7-12(9-27-16)18(26)28-10-17(25)24-14-2-4-15(5-3-14)29-19(21,22)23/h1-8H,9-10H2,(H,24,25). The number of alkyl halides is 3. The van der Waals surface area contributed by atoms with Gasteiger partial charge in [0.25, 0.3) is 5.91 Å². The molecule has 0 saturated heterocycles. The summed E-state index contributed by atoms with van der Waals surface area (Å²) in [6.07, 6.45) is -3.24. The molecule has 29 heavy (non-hydrogen) atoms. The van der Waals surface area contributed by atoms with Gasteiger partial charge in [0.05, 0.1) is 5.57 Å². The molecule has 1 amide bonds. The highest BCUT2D eigenvalue weighted by Gasteiger charge is 2.31. The number of rotatable bonds is 5. The molecule has 6 nitrogen and oxygen atoms in total. The number of nitrogens with one attached hydrogen (secondary N) is 1. The second-order valence-electron chi connectivity index (χ2n) is 5.84. The smallest absolute Gasteiger partial charge is 0.488 e. The van der Waals surface area contributed by atoms with Crippen LogP contribution in [-0.4, -0.2) is 31.5 Å². The van der Waals surface area contributed by atoms with Gasteiger partial charge in [0.2, 0.25) is 0 Å². The van der Waals surface area contributed by atoms with Crippen molar-refractivity contribution in [2.75, 3.05) is 18.5 Å². The first-order valence-electron chi connectivity index (χ1n) is 8.15. The number of hydrogen-bond acceptors (Lipinski definition) is 5. The highest BCUT2D eigenvalue weighted by Crippen LogP contribution is 2.29. The highest BCUT2D eigenvalue weighted by molar-refractivity contribution is 6.30. The number of fused-ring (bicyclic) bond motifs is 1. The number of hydrogen-bond donors (Lipinski definition) is 1. The lowest BCUT2D eigenvalue weighted by atomic mass is 10.1. The highest BCUT2D eigenvalue weighted by atomic mass is 35.5. The van der Waals surface area contributed by atoms with Crippen molar-refractivity contribution in [1.29, 1.82) is 0 Å². The molecule has 0 fully saturated rings. The van der Waals surface area contributed by atoms with Gasteiger partial charge in [-0.05, 0) is 48.5 Å². The minimum atomic E-state index is -4.80. The molecule has 1 aliphatic heterocycles. The molecule has 2 aromatic carbocycles. The number of halogens is 4. The molecule has 3 rings (SSSR count). The largest absolute Gasteiger partial charge is 0.573 e. The number of amides is 1. The molecule has 0 bridgehead atoms. The van der Waals surface area contributed by atoms with E-state index in [0.29, 0.717) is 16.3 Å². The zero-order valence-corrected chi connectivity index (χ0v) is 15.3. The molecule has 0 unspecified atom stereocenters. The molecule has 2 aromatic rings. The van der Waals surface area contributed by atoms with Crippen LogP contribution in [0.5, 0.6) is 11.5 Å². The van der Waals surface area contributed by atoms with E-state index in [-0.39, 0.29) is 17.9 Å². The van der Waals surface area contributed by atoms with E-state index in [0.717, 1.165) is 12.1 Å². The van der Waals surface area contributed by atoms with Crippen LogP contribution in [0.2, 0.25) is 5.02 Å². The average Bonchev–Trinajstić information content (AvgIpc) is 2.66. The van der Waals surface area contributed by atoms with Crippen LogP contribution in [-0.2, 0) is 14.3 Å². The summed E-state index contributed by atoms with van der Waals surface area (Å²) in [6, 6.07) is 9.49. The van der Waals surface area contributed by atoms with E-state index < -0.39 is 30.6 Å². The summed E-state index contributed by atoms with van der Waals surface area (Å²) in [5.41, 5.74) is 1.03. The predicted octanol–water partition coefficient (Wildman–Crippen LogP) is 4.20. The van der Waals surface area contributed by atoms with Crippen LogP contribution in [0, 0.1) is 0 Å². The van der Waals surface area contributed by atoms with Crippen LogP contribution in [0.4, 0.5) is 18.9 Å². The fourth-order valence-corrected chi connectivity index (χ4v) is 2.61. The second kappa shape index (κ2) is 8.44. The molecule has 1 aliphatic rings. The molecular formula is C19H13ClF3NO5. The van der Waals surface area contributed by atoms with Crippen LogP contribution in [0.1, 0.15) is 5.56 Å². The SMILES string of the molecule is O=C(COC(=O)C1=Cc2cc(Cl)ccc2OC1)Nc1ccc(OC(F)(F)F)cc1. The monoisotopic (exact) mass is 427 g/mol. The number of carbonyl (C=O) groups is 2. The molecule has 0 aromatic heterocycles. The maximum absolute atomic E-state index is 12.1. The first-order valence-corrected chi connectivity index (χ1v) is 8.53. The van der Waals surface area contributed by atoms with Gasteiger partial charge in [0.15, 0.2) is 6.61 Å². The van der Waals surface area contributed by atoms with E-state index in [1.165, 1.54) is 12.1 Å². The lowest BCUT2D eigenvalue weighted by Gasteiger charge is -2.17. The summed E-state index contributed by atoms with van der Waals surface area (Å²) in [5.74, 6) is -1.25. The molecule has 0 spiro atoms. The topological polar surface area (TPSA) is 73.9 Å². The van der Waals surface area contributed by atoms with Crippen molar-refractivity contribution in [1.82, 2.24) is 0 Å². The Labute approximate surface area is 167 Å². The summed E-state index contributed by atoms with van der Waals surface area (Å²) in [5, 5.41) is 2.87. The van der Waals surface area contributed by atoms with Crippen molar-refractivity contribution < 1.29 is 37.0 Å². The van der Waals surface area contributed by atoms with E-state index in [4.69, 9.17) is 21.1 Å². The molecule has 0 aliphatic carbocycles. The molecule has 0 saturated carbocycles. The summed E-state index contributed by atoms with van der Waals surface area (Å²) >= 11 is 5.91. The van der Waals surface area contributed by atoms with E-state index in [1.807, 2.05) is 0 Å². The Morgan fingerprint density at radius 1 is 1.14 bits per heavy atom. The first kappa shape index (κ1) is 20.5. The van der Waals surface area contributed by atoms with Crippen LogP contribution >= 0.6 is 11.6 Å². The lowest BCUT2D eigenvalue weighted by Crippen LogP contribution is -2.24. The zero-order valence-electron chi connectivity index (χ0n) is 14.6. The third-order valence-corrected chi connectivity index (χ3v) is 3.89. The Kier molecular flexibility index (Phi) is 5.97. The van der Waals surface area contributed by atoms with E-state index in [2.05, 4.69) is 10.1 Å². The third-order valence-electron chi connectivity index (χ3n) is 3.65. The summed E-state index contributed by atoms with van der Waals surface area (Å²) in [7, 11) is 0. The molecule has 0 radical (unpaired) electrons. The van der Waals surface area contributed by atoms with Crippen LogP contribution in [0.3, 0.4) is 0 Å². The van der Waals surface area contributed by atoms with Gasteiger partial charge in [-0.3, -0.25) is 4.79 Å². The quantitative estimate of drug-likeness (QED) is 0.724. The zero-order chi connectivity index (χ0) is 21.0. The van der Waals surface area contributed by atoms with Gasteiger partial charge in [-0.2, -0.15) is 0 Å². The van der Waals surface area contributed by atoms with Crippen molar-refractivity contribution in [3.8, 4) is 11.5 Å². The van der Waals surface area contributed by atoms with E-state index in [1.54, 1.807) is 24.3 Å². The van der Waals surface area contributed by atoms with Gasteiger partial charge in [-0.25, -0.2) is 4.79 Å². The maximum atomic E-state index is 12.1. The number of anilines is 1. The lowest BCUT2D eigenvalue weighted by molar-refractivity contribution is -0.274. The third kappa shape index (κ3) is 5.89. The van der Waals surface area contributed by atoms with Crippen molar-refractivity contribution in [3.05, 3.63) is 58.6 Å². The Balaban J connectivity index is 1.52. The molecule has 152 valence electrons. The Hall–Kier alpha value is -3.20. The minimum absolute atomic E-state index is 0.0181. The van der Waals surface area contributed by atoms with Gasteiger partial charge in [-0.1, -0.05) is 11.6 Å². The Morgan fingerprint density at radius 3 is 2.55 bits per heavy atom. The second-order valence-corrected chi connectivity index (χ2v) is 6.27. The van der Waals surface area contributed by atoms with Gasteiger partial charge >= 0.3 is 12.3 Å². The fraction of sp³-hybridized carbons (Fsp3) is 0.158. The Bertz CT molecular complexity index is 957. The summed E-state index contributed by atoms with van der Waals surface area (Å²) < 4.78 is 50.5. The number of carbonyl (C=O) groups excluding carboxylic acids is 2. The number of ether oxygens (including phenoxy) is 3. The van der Waals surface area contributed by atoms with Gasteiger partial charge in [0, 0.05) is 16.3 Å². The van der Waals surface area contributed by atoms with Gasteiger partial charge < -0.3 is 19.5 Å². The van der Waals surface area contributed by atoms with Crippen LogP contribution in [0.15, 0.2) is 48.0 Å². The molecular weight excluding hydrogens is 415 g/mol. The summed E-state index contributed by atoms with van der Waals surface area (Å²) in [4.78, 5) is 24.0. The summed E-state index contributed by atoms with van der Waals surface area (Å²) in [6.45, 7) is -0.602. The van der Waals surface area contributed by atoms with Gasteiger partial charge in [-0.15, -0.1) is 13.2 Å².